The summed E-state index contributed by atoms with van der Waals surface area (Å²) in [5.41, 5.74) is 3.21. The van der Waals surface area contributed by atoms with Crippen LogP contribution < -0.4 is 0 Å². The fraction of sp³-hybridized carbons (Fsp3) is 0.231. The highest BCUT2D eigenvalue weighted by Gasteiger charge is 2.18. The van der Waals surface area contributed by atoms with Gasteiger partial charge >= 0.3 is 0 Å². The number of amides is 1. The molecule has 0 atom stereocenters. The molecule has 4 rings (SSSR count). The van der Waals surface area contributed by atoms with Crippen molar-refractivity contribution < 1.29 is 17.6 Å². The van der Waals surface area contributed by atoms with Gasteiger partial charge in [0.2, 0.25) is 5.91 Å². The van der Waals surface area contributed by atoms with Gasteiger partial charge in [-0.2, -0.15) is 0 Å². The first kappa shape index (κ1) is 24.0. The van der Waals surface area contributed by atoms with E-state index in [-0.39, 0.29) is 22.3 Å². The maximum absolute atomic E-state index is 13.1. The van der Waals surface area contributed by atoms with E-state index in [9.17, 15) is 13.2 Å². The molecule has 3 aromatic carbocycles. The molecule has 6 nitrogen and oxygen atoms in total. The van der Waals surface area contributed by atoms with Crippen LogP contribution in [0.3, 0.4) is 0 Å². The first-order chi connectivity index (χ1) is 16.4. The van der Waals surface area contributed by atoms with Gasteiger partial charge in [-0.05, 0) is 35.7 Å². The van der Waals surface area contributed by atoms with Gasteiger partial charge in [-0.3, -0.25) is 4.79 Å². The lowest BCUT2D eigenvalue weighted by molar-refractivity contribution is -0.128. The van der Waals surface area contributed by atoms with Gasteiger partial charge in [-0.25, -0.2) is 13.4 Å². The minimum atomic E-state index is -3.33. The summed E-state index contributed by atoms with van der Waals surface area (Å²) in [5.74, 6) is 0.183. The van der Waals surface area contributed by atoms with Crippen LogP contribution in [0, 0.1) is 0 Å². The number of thioether (sulfide) groups is 1. The summed E-state index contributed by atoms with van der Waals surface area (Å²) in [6, 6.07) is 24.7. The predicted octanol–water partition coefficient (Wildman–Crippen LogP) is 4.99. The zero-order chi connectivity index (χ0) is 24.0. The van der Waals surface area contributed by atoms with Crippen LogP contribution in [-0.2, 0) is 27.6 Å². The third-order valence-corrected chi connectivity index (χ3v) is 8.02. The molecule has 0 radical (unpaired) electrons. The number of carbonyl (C=O) groups excluding carboxylic acids is 1. The lowest BCUT2D eigenvalue weighted by Crippen LogP contribution is -2.33. The summed E-state index contributed by atoms with van der Waals surface area (Å²) in [6.07, 6.45) is 0.766. The zero-order valence-electron chi connectivity index (χ0n) is 18.9. The summed E-state index contributed by atoms with van der Waals surface area (Å²) in [7, 11) is -3.33. The molecule has 0 aliphatic rings. The van der Waals surface area contributed by atoms with Crippen molar-refractivity contribution in [2.24, 2.45) is 0 Å². The molecule has 0 bridgehead atoms. The Bertz CT molecular complexity index is 1350. The molecule has 1 heterocycles. The van der Waals surface area contributed by atoms with Crippen molar-refractivity contribution in [1.82, 2.24) is 9.88 Å². The van der Waals surface area contributed by atoms with E-state index in [1.807, 2.05) is 53.4 Å². The maximum Gasteiger partial charge on any atom is 0.257 e. The third-order valence-electron chi connectivity index (χ3n) is 5.48. The van der Waals surface area contributed by atoms with Gasteiger partial charge < -0.3 is 9.32 Å². The van der Waals surface area contributed by atoms with Crippen molar-refractivity contribution in [3.8, 4) is 0 Å². The predicted molar refractivity (Wildman–Crippen MR) is 134 cm³/mol. The van der Waals surface area contributed by atoms with Crippen molar-refractivity contribution in [2.75, 3.05) is 18.1 Å². The number of rotatable bonds is 10. The number of carbonyl (C=O) groups is 1. The number of hydrogen-bond acceptors (Lipinski definition) is 6. The van der Waals surface area contributed by atoms with Crippen molar-refractivity contribution >= 4 is 38.6 Å². The van der Waals surface area contributed by atoms with Gasteiger partial charge in [0.15, 0.2) is 15.4 Å². The monoisotopic (exact) mass is 494 g/mol. The maximum atomic E-state index is 13.1. The molecular formula is C26H26N2O4S2. The smallest absolute Gasteiger partial charge is 0.257 e. The second-order valence-corrected chi connectivity index (χ2v) is 11.0. The van der Waals surface area contributed by atoms with Crippen LogP contribution in [0.25, 0.3) is 11.1 Å². The molecule has 4 aromatic rings. The van der Waals surface area contributed by atoms with Gasteiger partial charge in [-0.15, -0.1) is 0 Å². The molecular weight excluding hydrogens is 468 g/mol. The van der Waals surface area contributed by atoms with E-state index in [1.165, 1.54) is 29.5 Å². The highest BCUT2D eigenvalue weighted by Crippen LogP contribution is 2.26. The van der Waals surface area contributed by atoms with E-state index < -0.39 is 9.84 Å². The molecule has 0 fully saturated rings. The number of aromatic nitrogens is 1. The standard InChI is InChI=1S/C26H26N2O4S2/c1-2-34(30,31)22-13-14-24-23(17-22)27-26(32-24)33-19-25(29)28(18-21-11-7-4-8-12-21)16-15-20-9-5-3-6-10-20/h3-14,17H,2,15-16,18-19H2,1H3. The first-order valence-electron chi connectivity index (χ1n) is 11.1. The lowest BCUT2D eigenvalue weighted by atomic mass is 10.1. The molecule has 0 spiro atoms. The average Bonchev–Trinajstić information content (AvgIpc) is 3.28. The number of hydrogen-bond donors (Lipinski definition) is 0. The molecule has 1 amide bonds. The minimum absolute atomic E-state index is 0.0127. The summed E-state index contributed by atoms with van der Waals surface area (Å²) in [4.78, 5) is 19.6. The van der Waals surface area contributed by atoms with Crippen LogP contribution in [0.15, 0.2) is 93.4 Å². The van der Waals surface area contributed by atoms with Crippen LogP contribution in [0.4, 0.5) is 0 Å². The molecule has 0 unspecified atom stereocenters. The highest BCUT2D eigenvalue weighted by molar-refractivity contribution is 7.99. The van der Waals surface area contributed by atoms with E-state index in [1.54, 1.807) is 13.0 Å². The molecule has 176 valence electrons. The van der Waals surface area contributed by atoms with Gasteiger partial charge in [0.1, 0.15) is 5.52 Å². The Labute approximate surface area is 203 Å². The first-order valence-corrected chi connectivity index (χ1v) is 13.7. The number of oxazole rings is 1. The van der Waals surface area contributed by atoms with Crippen LogP contribution in [-0.4, -0.2) is 42.3 Å². The van der Waals surface area contributed by atoms with Crippen LogP contribution in [0.5, 0.6) is 0 Å². The Balaban J connectivity index is 1.45. The Morgan fingerprint density at radius 3 is 2.32 bits per heavy atom. The normalized spacial score (nSPS) is 11.6. The molecule has 0 aliphatic heterocycles. The van der Waals surface area contributed by atoms with Gasteiger partial charge in [-0.1, -0.05) is 79.3 Å². The average molecular weight is 495 g/mol. The second kappa shape index (κ2) is 10.9. The molecule has 34 heavy (non-hydrogen) atoms. The number of benzene rings is 3. The van der Waals surface area contributed by atoms with Gasteiger partial charge in [0.25, 0.3) is 5.22 Å². The van der Waals surface area contributed by atoms with Gasteiger partial charge in [0.05, 0.1) is 16.4 Å². The van der Waals surface area contributed by atoms with Crippen molar-refractivity contribution in [3.63, 3.8) is 0 Å². The summed E-state index contributed by atoms with van der Waals surface area (Å²) >= 11 is 1.22. The van der Waals surface area contributed by atoms with Crippen LogP contribution in [0.2, 0.25) is 0 Å². The zero-order valence-corrected chi connectivity index (χ0v) is 20.5. The van der Waals surface area contributed by atoms with E-state index in [2.05, 4.69) is 17.1 Å². The molecule has 0 saturated heterocycles. The van der Waals surface area contributed by atoms with E-state index in [4.69, 9.17) is 4.42 Å². The Morgan fingerprint density at radius 1 is 0.971 bits per heavy atom. The van der Waals surface area contributed by atoms with Crippen molar-refractivity contribution in [2.45, 2.75) is 30.0 Å². The molecule has 0 N–H and O–H groups in total. The van der Waals surface area contributed by atoms with Crippen LogP contribution in [0.1, 0.15) is 18.1 Å². The lowest BCUT2D eigenvalue weighted by Gasteiger charge is -2.22. The number of fused-ring (bicyclic) bond motifs is 1. The van der Waals surface area contributed by atoms with Crippen molar-refractivity contribution in [3.05, 3.63) is 90.0 Å². The molecule has 1 aromatic heterocycles. The van der Waals surface area contributed by atoms with E-state index in [0.717, 1.165) is 12.0 Å². The van der Waals surface area contributed by atoms with Crippen LogP contribution >= 0.6 is 11.8 Å². The minimum Gasteiger partial charge on any atom is -0.431 e. The largest absolute Gasteiger partial charge is 0.431 e. The number of nitrogens with zero attached hydrogens (tertiary/aromatic N) is 2. The highest BCUT2D eigenvalue weighted by atomic mass is 32.2. The van der Waals surface area contributed by atoms with Gasteiger partial charge in [0, 0.05) is 13.1 Å². The van der Waals surface area contributed by atoms with Crippen molar-refractivity contribution in [1.29, 1.82) is 0 Å². The molecule has 0 aliphatic carbocycles. The third kappa shape index (κ3) is 6.07. The quantitative estimate of drug-likeness (QED) is 0.289. The Morgan fingerprint density at radius 2 is 1.65 bits per heavy atom. The van der Waals surface area contributed by atoms with E-state index >= 15 is 0 Å². The van der Waals surface area contributed by atoms with E-state index in [0.29, 0.717) is 29.4 Å². The Kier molecular flexibility index (Phi) is 7.70. The summed E-state index contributed by atoms with van der Waals surface area (Å²) in [6.45, 7) is 2.73. The summed E-state index contributed by atoms with van der Waals surface area (Å²) in [5, 5.41) is 0.345. The summed E-state index contributed by atoms with van der Waals surface area (Å²) < 4.78 is 30.0. The fourth-order valence-electron chi connectivity index (χ4n) is 3.53. The fourth-order valence-corrected chi connectivity index (χ4v) is 5.17. The topological polar surface area (TPSA) is 80.5 Å². The molecule has 0 saturated carbocycles. The Hall–Kier alpha value is -3.10. The second-order valence-electron chi connectivity index (χ2n) is 7.84. The molecule has 8 heteroatoms. The number of sulfone groups is 1. The SMILES string of the molecule is CCS(=O)(=O)c1ccc2oc(SCC(=O)N(CCc3ccccc3)Cc3ccccc3)nc2c1.